The van der Waals surface area contributed by atoms with Crippen LogP contribution in [0.3, 0.4) is 0 Å². The molecule has 4 aromatic heterocycles. The fraction of sp³-hybridized carbons (Fsp3) is 0.386. The summed E-state index contributed by atoms with van der Waals surface area (Å²) in [5.41, 5.74) is 10.5. The Balaban J connectivity index is 0.000000188. The fourth-order valence-corrected chi connectivity index (χ4v) is 9.91. The quantitative estimate of drug-likeness (QED) is 0.124. The van der Waals surface area contributed by atoms with Crippen LogP contribution in [0.4, 0.5) is 0 Å². The van der Waals surface area contributed by atoms with Gasteiger partial charge in [-0.3, -0.25) is 0 Å². The molecule has 2 bridgehead atoms. The molecule has 50 heavy (non-hydrogen) atoms. The van der Waals surface area contributed by atoms with Gasteiger partial charge in [0, 0.05) is 43.6 Å². The van der Waals surface area contributed by atoms with Crippen LogP contribution in [0.2, 0.25) is 19.6 Å². The van der Waals surface area contributed by atoms with E-state index in [1.807, 2.05) is 37.4 Å². The van der Waals surface area contributed by atoms with Gasteiger partial charge in [0.25, 0.3) is 0 Å². The van der Waals surface area contributed by atoms with Crippen LogP contribution in [-0.4, -0.2) is 23.0 Å². The number of furan rings is 1. The molecule has 4 nitrogen and oxygen atoms in total. The van der Waals surface area contributed by atoms with Gasteiger partial charge in [-0.1, -0.05) is 87.5 Å². The number of rotatable bonds is 6. The predicted octanol–water partition coefficient (Wildman–Crippen LogP) is 11.0. The van der Waals surface area contributed by atoms with Crippen LogP contribution < -0.4 is 5.19 Å². The molecule has 1 radical (unpaired) electrons. The van der Waals surface area contributed by atoms with Crippen molar-refractivity contribution < 1.29 is 24.5 Å². The SMILES string of the molecule is CC(C)c1cc(-c2[c-]cccc2)ncc1[Si](C)(C)C.Cc1ccc2c(n1)oc1c(-c3cc(CC4CC5CCC4CC5)ccn3)[c-]cc(C)c12.[Ir]. The second-order valence-corrected chi connectivity index (χ2v) is 20.9. The van der Waals surface area contributed by atoms with Gasteiger partial charge in [-0.05, 0) is 91.1 Å². The zero-order valence-electron chi connectivity index (χ0n) is 30.6. The first kappa shape index (κ1) is 36.4. The van der Waals surface area contributed by atoms with Crippen molar-refractivity contribution in [3.8, 4) is 22.5 Å². The standard InChI is InChI=1S/C27H27N2O.C17H22NSi.Ir/c1-16-3-9-22(26-25(16)23-10-4-17(2)29-27(23)30-26)24-15-19(11-12-28-24)14-21-13-18-5-7-20(21)8-6-18;1-13(2)15-11-16(14-9-7-6-8-10-14)18-12-17(15)19(3,4)5;/h3-4,10-12,15,18,20-21H,5-8,13-14H2,1-2H3;6-9,11-13H,1-5H3;/q2*-1;. The first-order chi connectivity index (χ1) is 23.5. The average molecular weight is 856 g/mol. The van der Waals surface area contributed by atoms with E-state index in [9.17, 15) is 0 Å². The maximum Gasteiger partial charge on any atom is 0.216 e. The molecule has 9 rings (SSSR count). The average Bonchev–Trinajstić information content (AvgIpc) is 3.48. The molecule has 0 amide bonds. The number of fused-ring (bicyclic) bond motifs is 6. The minimum Gasteiger partial charge on any atom is -0.486 e. The van der Waals surface area contributed by atoms with Gasteiger partial charge in [0.05, 0.1) is 13.7 Å². The van der Waals surface area contributed by atoms with E-state index in [2.05, 4.69) is 105 Å². The summed E-state index contributed by atoms with van der Waals surface area (Å²) in [6, 6.07) is 27.7. The molecular weight excluding hydrogens is 807 g/mol. The third-order valence-electron chi connectivity index (χ3n) is 10.9. The molecule has 3 fully saturated rings. The number of aromatic nitrogens is 3. The molecule has 3 aliphatic rings. The third-order valence-corrected chi connectivity index (χ3v) is 12.9. The molecule has 1 unspecified atom stereocenters. The molecule has 0 saturated heterocycles. The summed E-state index contributed by atoms with van der Waals surface area (Å²) in [7, 11) is -1.34. The maximum absolute atomic E-state index is 6.25. The molecule has 6 heteroatoms. The largest absolute Gasteiger partial charge is 0.486 e. The van der Waals surface area contributed by atoms with Gasteiger partial charge in [-0.2, -0.15) is 0 Å². The summed E-state index contributed by atoms with van der Waals surface area (Å²) < 4.78 is 6.25. The van der Waals surface area contributed by atoms with Crippen LogP contribution in [-0.2, 0) is 26.5 Å². The van der Waals surface area contributed by atoms with Crippen molar-refractivity contribution in [3.05, 3.63) is 108 Å². The van der Waals surface area contributed by atoms with Gasteiger partial charge in [-0.15, -0.1) is 53.6 Å². The number of hydrogen-bond acceptors (Lipinski definition) is 4. The van der Waals surface area contributed by atoms with Crippen molar-refractivity contribution in [2.45, 2.75) is 91.8 Å². The molecule has 0 spiro atoms. The number of aryl methyl sites for hydroxylation is 2. The van der Waals surface area contributed by atoms with Crippen molar-refractivity contribution >= 4 is 35.3 Å². The molecule has 3 aliphatic carbocycles. The second kappa shape index (κ2) is 15.0. The van der Waals surface area contributed by atoms with Gasteiger partial charge in [0.2, 0.25) is 5.71 Å². The maximum atomic E-state index is 6.25. The summed E-state index contributed by atoms with van der Waals surface area (Å²) >= 11 is 0. The normalized spacial score (nSPS) is 18.6. The summed E-state index contributed by atoms with van der Waals surface area (Å²) in [5, 5.41) is 3.67. The topological polar surface area (TPSA) is 51.8 Å². The Hall–Kier alpha value is -3.44. The monoisotopic (exact) mass is 856 g/mol. The van der Waals surface area contributed by atoms with E-state index in [1.165, 1.54) is 54.8 Å². The van der Waals surface area contributed by atoms with E-state index >= 15 is 0 Å². The van der Waals surface area contributed by atoms with Crippen molar-refractivity contribution in [3.63, 3.8) is 0 Å². The van der Waals surface area contributed by atoms with Crippen LogP contribution in [0.25, 0.3) is 44.6 Å². The zero-order chi connectivity index (χ0) is 34.3. The van der Waals surface area contributed by atoms with Crippen LogP contribution in [0.15, 0.2) is 77.5 Å². The number of pyridine rings is 3. The Bertz CT molecular complexity index is 2090. The summed E-state index contributed by atoms with van der Waals surface area (Å²) in [6.45, 7) is 15.8. The molecule has 261 valence electrons. The summed E-state index contributed by atoms with van der Waals surface area (Å²) in [4.78, 5) is 14.0. The molecule has 2 aromatic carbocycles. The van der Waals surface area contributed by atoms with Gasteiger partial charge >= 0.3 is 0 Å². The van der Waals surface area contributed by atoms with Crippen LogP contribution >= 0.6 is 0 Å². The van der Waals surface area contributed by atoms with Crippen LogP contribution in [0.1, 0.15) is 74.3 Å². The number of hydrogen-bond donors (Lipinski definition) is 0. The van der Waals surface area contributed by atoms with Crippen molar-refractivity contribution in [1.29, 1.82) is 0 Å². The first-order valence-corrected chi connectivity index (χ1v) is 21.7. The molecular formula is C44H49IrN3OSi-2. The summed E-state index contributed by atoms with van der Waals surface area (Å²) in [6.07, 6.45) is 12.4. The molecule has 3 saturated carbocycles. The third kappa shape index (κ3) is 7.59. The van der Waals surface area contributed by atoms with Crippen molar-refractivity contribution in [2.75, 3.05) is 0 Å². The van der Waals surface area contributed by atoms with Gasteiger partial charge < -0.3 is 14.4 Å². The Morgan fingerprint density at radius 1 is 0.920 bits per heavy atom. The second-order valence-electron chi connectivity index (χ2n) is 15.8. The van der Waals surface area contributed by atoms with E-state index in [4.69, 9.17) is 9.40 Å². The molecule has 0 aliphatic heterocycles. The van der Waals surface area contributed by atoms with E-state index in [0.717, 1.165) is 67.9 Å². The molecule has 0 N–H and O–H groups in total. The molecule has 1 atom stereocenters. The van der Waals surface area contributed by atoms with Crippen LogP contribution in [0.5, 0.6) is 0 Å². The Kier molecular flexibility index (Phi) is 10.9. The molecule has 6 aromatic rings. The minimum atomic E-state index is -1.34. The van der Waals surface area contributed by atoms with Crippen molar-refractivity contribution in [2.24, 2.45) is 17.8 Å². The smallest absolute Gasteiger partial charge is 0.216 e. The molecule has 4 heterocycles. The van der Waals surface area contributed by atoms with E-state index in [1.54, 1.807) is 0 Å². The zero-order valence-corrected chi connectivity index (χ0v) is 34.0. The van der Waals surface area contributed by atoms with E-state index in [-0.39, 0.29) is 20.1 Å². The van der Waals surface area contributed by atoms with Gasteiger partial charge in [0.1, 0.15) is 0 Å². The van der Waals surface area contributed by atoms with Crippen molar-refractivity contribution in [1.82, 2.24) is 15.0 Å². The van der Waals surface area contributed by atoms with Gasteiger partial charge in [-0.25, -0.2) is 4.98 Å². The Morgan fingerprint density at radius 3 is 2.40 bits per heavy atom. The fourth-order valence-electron chi connectivity index (χ4n) is 8.23. The van der Waals surface area contributed by atoms with Gasteiger partial charge in [0.15, 0.2) is 0 Å². The predicted molar refractivity (Wildman–Crippen MR) is 206 cm³/mol. The Labute approximate surface area is 312 Å². The number of benzene rings is 2. The number of nitrogens with zero attached hydrogens (tertiary/aromatic N) is 3. The van der Waals surface area contributed by atoms with E-state index < -0.39 is 8.07 Å². The minimum absolute atomic E-state index is 0. The Morgan fingerprint density at radius 2 is 1.72 bits per heavy atom. The summed E-state index contributed by atoms with van der Waals surface area (Å²) in [5.74, 6) is 3.27. The van der Waals surface area contributed by atoms with E-state index in [0.29, 0.717) is 11.6 Å². The first-order valence-electron chi connectivity index (χ1n) is 18.2. The van der Waals surface area contributed by atoms with Crippen LogP contribution in [0, 0.1) is 43.7 Å².